The van der Waals surface area contributed by atoms with Gasteiger partial charge in [0.25, 0.3) is 0 Å². The standard InChI is InChI=1S/C20H24N2O4/c1-2-26-17-8-4-3-7-16(17)18(19(23)24)22-12-9-20(25,10-13-22)15-6-5-11-21-14-15/h3-8,11,14,18,25H,2,9-10,12-13H2,1H3,(H,23,24)/t18-/m1/s1. The predicted octanol–water partition coefficient (Wildman–Crippen LogP) is 2.59. The van der Waals surface area contributed by atoms with Gasteiger partial charge in [0.15, 0.2) is 0 Å². The molecular formula is C20H24N2O4. The summed E-state index contributed by atoms with van der Waals surface area (Å²) in [6.45, 7) is 3.30. The molecule has 2 N–H and O–H groups in total. The first kappa shape index (κ1) is 18.4. The third-order valence-corrected chi connectivity index (χ3v) is 4.94. The molecule has 3 rings (SSSR count). The van der Waals surface area contributed by atoms with Crippen LogP contribution in [0, 0.1) is 0 Å². The van der Waals surface area contributed by atoms with Gasteiger partial charge >= 0.3 is 5.97 Å². The van der Waals surface area contributed by atoms with Crippen LogP contribution in [-0.4, -0.2) is 45.8 Å². The molecule has 1 aliphatic rings. The zero-order valence-corrected chi connectivity index (χ0v) is 14.8. The lowest BCUT2D eigenvalue weighted by Crippen LogP contribution is -2.46. The van der Waals surface area contributed by atoms with Gasteiger partial charge in [-0.1, -0.05) is 24.3 Å². The van der Waals surface area contributed by atoms with Crippen LogP contribution < -0.4 is 4.74 Å². The minimum absolute atomic E-state index is 0.458. The highest BCUT2D eigenvalue weighted by molar-refractivity contribution is 5.76. The number of hydrogen-bond acceptors (Lipinski definition) is 5. The fourth-order valence-corrected chi connectivity index (χ4v) is 3.56. The van der Waals surface area contributed by atoms with Crippen LogP contribution in [0.3, 0.4) is 0 Å². The predicted molar refractivity (Wildman–Crippen MR) is 96.9 cm³/mol. The van der Waals surface area contributed by atoms with E-state index in [9.17, 15) is 15.0 Å². The molecule has 1 saturated heterocycles. The van der Waals surface area contributed by atoms with Gasteiger partial charge in [-0.05, 0) is 31.9 Å². The van der Waals surface area contributed by atoms with E-state index in [2.05, 4.69) is 4.98 Å². The minimum Gasteiger partial charge on any atom is -0.494 e. The number of para-hydroxylation sites is 1. The van der Waals surface area contributed by atoms with E-state index < -0.39 is 17.6 Å². The Morgan fingerprint density at radius 1 is 1.27 bits per heavy atom. The lowest BCUT2D eigenvalue weighted by atomic mass is 9.84. The molecule has 0 saturated carbocycles. The van der Waals surface area contributed by atoms with Gasteiger partial charge in [0.05, 0.1) is 12.2 Å². The zero-order chi connectivity index (χ0) is 18.6. The van der Waals surface area contributed by atoms with Gasteiger partial charge in [0.1, 0.15) is 11.8 Å². The summed E-state index contributed by atoms with van der Waals surface area (Å²) in [5.74, 6) is -0.320. The van der Waals surface area contributed by atoms with E-state index in [1.165, 1.54) is 0 Å². The molecular weight excluding hydrogens is 332 g/mol. The summed E-state index contributed by atoms with van der Waals surface area (Å²) in [6, 6.07) is 10.1. The molecule has 0 bridgehead atoms. The van der Waals surface area contributed by atoms with Crippen molar-refractivity contribution in [2.45, 2.75) is 31.4 Å². The first-order valence-electron chi connectivity index (χ1n) is 8.86. The molecule has 138 valence electrons. The molecule has 2 aromatic rings. The van der Waals surface area contributed by atoms with Crippen molar-refractivity contribution in [3.8, 4) is 5.75 Å². The van der Waals surface area contributed by atoms with Crippen molar-refractivity contribution in [3.05, 3.63) is 59.9 Å². The molecule has 1 atom stereocenters. The summed E-state index contributed by atoms with van der Waals surface area (Å²) in [5.41, 5.74) is 0.461. The smallest absolute Gasteiger partial charge is 0.325 e. The highest BCUT2D eigenvalue weighted by Crippen LogP contribution is 2.37. The van der Waals surface area contributed by atoms with Crippen molar-refractivity contribution in [3.63, 3.8) is 0 Å². The number of carboxylic acid groups (broad SMARTS) is 1. The molecule has 0 unspecified atom stereocenters. The van der Waals surface area contributed by atoms with Crippen LogP contribution in [-0.2, 0) is 10.4 Å². The number of ether oxygens (including phenoxy) is 1. The molecule has 0 spiro atoms. The Labute approximate surface area is 153 Å². The summed E-state index contributed by atoms with van der Waals surface area (Å²) in [5, 5.41) is 20.8. The van der Waals surface area contributed by atoms with Crippen LogP contribution >= 0.6 is 0 Å². The maximum atomic E-state index is 12.0. The second kappa shape index (κ2) is 7.85. The van der Waals surface area contributed by atoms with Gasteiger partial charge in [-0.2, -0.15) is 0 Å². The van der Waals surface area contributed by atoms with E-state index in [1.807, 2.05) is 30.0 Å². The van der Waals surface area contributed by atoms with Crippen LogP contribution in [0.4, 0.5) is 0 Å². The van der Waals surface area contributed by atoms with Crippen LogP contribution in [0.25, 0.3) is 0 Å². The monoisotopic (exact) mass is 356 g/mol. The Bertz CT molecular complexity index is 742. The number of hydrogen-bond donors (Lipinski definition) is 2. The average Bonchev–Trinajstić information content (AvgIpc) is 2.66. The summed E-state index contributed by atoms with van der Waals surface area (Å²) < 4.78 is 5.62. The molecule has 6 nitrogen and oxygen atoms in total. The first-order valence-corrected chi connectivity index (χ1v) is 8.86. The summed E-state index contributed by atoms with van der Waals surface area (Å²) in [4.78, 5) is 18.0. The molecule has 2 heterocycles. The van der Waals surface area contributed by atoms with Gasteiger partial charge < -0.3 is 14.9 Å². The number of aliphatic hydroxyl groups is 1. The Kier molecular flexibility index (Phi) is 5.54. The number of aromatic nitrogens is 1. The quantitative estimate of drug-likeness (QED) is 0.828. The molecule has 1 aromatic carbocycles. The van der Waals surface area contributed by atoms with Gasteiger partial charge in [0.2, 0.25) is 0 Å². The minimum atomic E-state index is -0.965. The van der Waals surface area contributed by atoms with Gasteiger partial charge in [-0.15, -0.1) is 0 Å². The first-order chi connectivity index (χ1) is 12.5. The Hall–Kier alpha value is -2.44. The highest BCUT2D eigenvalue weighted by Gasteiger charge is 2.39. The number of aliphatic carboxylic acids is 1. The van der Waals surface area contributed by atoms with Crippen molar-refractivity contribution in [2.75, 3.05) is 19.7 Å². The largest absolute Gasteiger partial charge is 0.494 e. The lowest BCUT2D eigenvalue weighted by Gasteiger charge is -2.40. The van der Waals surface area contributed by atoms with Crippen molar-refractivity contribution >= 4 is 5.97 Å². The molecule has 1 fully saturated rings. The number of benzene rings is 1. The van der Waals surface area contributed by atoms with Crippen molar-refractivity contribution in [1.82, 2.24) is 9.88 Å². The number of rotatable bonds is 6. The zero-order valence-electron chi connectivity index (χ0n) is 14.8. The van der Waals surface area contributed by atoms with E-state index in [1.54, 1.807) is 30.6 Å². The van der Waals surface area contributed by atoms with E-state index in [0.29, 0.717) is 43.9 Å². The number of likely N-dealkylation sites (tertiary alicyclic amines) is 1. The molecule has 1 aromatic heterocycles. The van der Waals surface area contributed by atoms with Gasteiger partial charge in [-0.3, -0.25) is 14.7 Å². The Balaban J connectivity index is 1.81. The van der Waals surface area contributed by atoms with Crippen LogP contribution in [0.2, 0.25) is 0 Å². The van der Waals surface area contributed by atoms with Crippen molar-refractivity contribution < 1.29 is 19.7 Å². The summed E-state index contributed by atoms with van der Waals surface area (Å²) >= 11 is 0. The number of carboxylic acids is 1. The summed E-state index contributed by atoms with van der Waals surface area (Å²) in [7, 11) is 0. The van der Waals surface area contributed by atoms with Crippen LogP contribution in [0.5, 0.6) is 5.75 Å². The SMILES string of the molecule is CCOc1ccccc1[C@H](C(=O)O)N1CCC(O)(c2cccnc2)CC1. The fraction of sp³-hybridized carbons (Fsp3) is 0.400. The molecule has 0 radical (unpaired) electrons. The Morgan fingerprint density at radius 2 is 2.00 bits per heavy atom. The molecule has 0 amide bonds. The molecule has 6 heteroatoms. The molecule has 1 aliphatic heterocycles. The number of carbonyl (C=O) groups is 1. The Morgan fingerprint density at radius 3 is 2.62 bits per heavy atom. The van der Waals surface area contributed by atoms with Crippen LogP contribution in [0.1, 0.15) is 36.9 Å². The maximum Gasteiger partial charge on any atom is 0.325 e. The normalized spacial score (nSPS) is 18.2. The second-order valence-corrected chi connectivity index (χ2v) is 6.52. The van der Waals surface area contributed by atoms with E-state index in [-0.39, 0.29) is 0 Å². The van der Waals surface area contributed by atoms with E-state index in [0.717, 1.165) is 5.56 Å². The van der Waals surface area contributed by atoms with Crippen molar-refractivity contribution in [1.29, 1.82) is 0 Å². The number of pyridine rings is 1. The third-order valence-electron chi connectivity index (χ3n) is 4.94. The summed E-state index contributed by atoms with van der Waals surface area (Å²) in [6.07, 6.45) is 4.26. The van der Waals surface area contributed by atoms with Gasteiger partial charge in [0, 0.05) is 36.6 Å². The van der Waals surface area contributed by atoms with Crippen LogP contribution in [0.15, 0.2) is 48.8 Å². The molecule has 0 aliphatic carbocycles. The fourth-order valence-electron chi connectivity index (χ4n) is 3.56. The maximum absolute atomic E-state index is 12.0. The van der Waals surface area contributed by atoms with E-state index in [4.69, 9.17) is 4.74 Å². The molecule has 26 heavy (non-hydrogen) atoms. The third kappa shape index (κ3) is 3.71. The average molecular weight is 356 g/mol. The lowest BCUT2D eigenvalue weighted by molar-refractivity contribution is -0.146. The van der Waals surface area contributed by atoms with E-state index >= 15 is 0 Å². The van der Waals surface area contributed by atoms with Gasteiger partial charge in [-0.25, -0.2) is 0 Å². The topological polar surface area (TPSA) is 82.9 Å². The number of nitrogens with zero attached hydrogens (tertiary/aromatic N) is 2. The second-order valence-electron chi connectivity index (χ2n) is 6.52. The highest BCUT2D eigenvalue weighted by atomic mass is 16.5. The van der Waals surface area contributed by atoms with Crippen molar-refractivity contribution in [2.24, 2.45) is 0 Å². The number of piperidine rings is 1.